The van der Waals surface area contributed by atoms with Crippen molar-refractivity contribution in [1.29, 1.82) is 0 Å². The number of thioether (sulfide) groups is 1. The minimum Gasteiger partial charge on any atom is -0.461 e. The molecule has 1 aromatic carbocycles. The Bertz CT molecular complexity index is 992. The van der Waals surface area contributed by atoms with E-state index in [9.17, 15) is 18.0 Å². The summed E-state index contributed by atoms with van der Waals surface area (Å²) >= 11 is 1.01. The van der Waals surface area contributed by atoms with Gasteiger partial charge in [-0.3, -0.25) is 9.36 Å². The van der Waals surface area contributed by atoms with Crippen LogP contribution in [-0.2, 0) is 15.7 Å². The Morgan fingerprint density at radius 2 is 1.93 bits per heavy atom. The summed E-state index contributed by atoms with van der Waals surface area (Å²) in [5.74, 6) is 0.00710. The number of rotatable bonds is 5. The molecule has 3 rings (SSSR count). The first-order chi connectivity index (χ1) is 13.5. The number of hydrogen-bond donors (Lipinski definition) is 0. The molecule has 154 valence electrons. The summed E-state index contributed by atoms with van der Waals surface area (Å²) in [5, 5.41) is 8.32. The molecular weight excluding hydrogens is 407 g/mol. The zero-order valence-electron chi connectivity index (χ0n) is 15.9. The molecule has 0 aliphatic carbocycles. The van der Waals surface area contributed by atoms with Crippen LogP contribution in [0.25, 0.3) is 17.3 Å². The van der Waals surface area contributed by atoms with Crippen molar-refractivity contribution >= 4 is 17.7 Å². The van der Waals surface area contributed by atoms with E-state index in [1.54, 1.807) is 32.9 Å². The van der Waals surface area contributed by atoms with Crippen molar-refractivity contribution in [2.75, 3.05) is 5.75 Å². The SMILES string of the molecule is CC(C)(C)OC(=O)CSc1nnc(-c2ccco2)n1-c1cccc(C(F)(F)F)c1. The van der Waals surface area contributed by atoms with Gasteiger partial charge in [0.1, 0.15) is 5.60 Å². The molecule has 0 radical (unpaired) electrons. The predicted octanol–water partition coefficient (Wildman–Crippen LogP) is 4.98. The summed E-state index contributed by atoms with van der Waals surface area (Å²) in [6.07, 6.45) is -3.08. The highest BCUT2D eigenvalue weighted by molar-refractivity contribution is 7.99. The van der Waals surface area contributed by atoms with Gasteiger partial charge in [-0.1, -0.05) is 17.8 Å². The van der Waals surface area contributed by atoms with Crippen molar-refractivity contribution in [1.82, 2.24) is 14.8 Å². The van der Waals surface area contributed by atoms with E-state index in [0.717, 1.165) is 23.9 Å². The van der Waals surface area contributed by atoms with Gasteiger partial charge in [0, 0.05) is 0 Å². The fourth-order valence-electron chi connectivity index (χ4n) is 2.48. The first-order valence-corrected chi connectivity index (χ1v) is 9.55. The number of esters is 1. The zero-order valence-corrected chi connectivity index (χ0v) is 16.7. The minimum absolute atomic E-state index is 0.0769. The van der Waals surface area contributed by atoms with Gasteiger partial charge >= 0.3 is 12.1 Å². The highest BCUT2D eigenvalue weighted by Crippen LogP contribution is 2.33. The molecule has 0 fully saturated rings. The summed E-state index contributed by atoms with van der Waals surface area (Å²) in [7, 11) is 0. The molecular formula is C19H18F3N3O3S. The lowest BCUT2D eigenvalue weighted by Crippen LogP contribution is -2.25. The molecule has 0 aliphatic heterocycles. The highest BCUT2D eigenvalue weighted by atomic mass is 32.2. The van der Waals surface area contributed by atoms with E-state index in [4.69, 9.17) is 9.15 Å². The molecule has 2 aromatic heterocycles. The maximum Gasteiger partial charge on any atom is 0.416 e. The molecule has 0 spiro atoms. The number of benzene rings is 1. The molecule has 0 unspecified atom stereocenters. The molecule has 0 aliphatic rings. The van der Waals surface area contributed by atoms with Gasteiger partial charge in [-0.15, -0.1) is 10.2 Å². The van der Waals surface area contributed by atoms with Crippen LogP contribution in [0.15, 0.2) is 52.2 Å². The Morgan fingerprint density at radius 1 is 1.17 bits per heavy atom. The second-order valence-electron chi connectivity index (χ2n) is 7.04. The number of ether oxygens (including phenoxy) is 1. The molecule has 10 heteroatoms. The van der Waals surface area contributed by atoms with Crippen LogP contribution in [0.4, 0.5) is 13.2 Å². The van der Waals surface area contributed by atoms with E-state index >= 15 is 0 Å². The van der Waals surface area contributed by atoms with Gasteiger partial charge in [0.05, 0.1) is 23.3 Å². The van der Waals surface area contributed by atoms with E-state index in [1.807, 2.05) is 0 Å². The summed E-state index contributed by atoms with van der Waals surface area (Å²) in [6, 6.07) is 8.03. The van der Waals surface area contributed by atoms with Gasteiger partial charge in [-0.25, -0.2) is 0 Å². The number of nitrogens with zero attached hydrogens (tertiary/aromatic N) is 3. The zero-order chi connectivity index (χ0) is 21.2. The van der Waals surface area contributed by atoms with Gasteiger partial charge < -0.3 is 9.15 Å². The fraction of sp³-hybridized carbons (Fsp3) is 0.316. The Balaban J connectivity index is 1.98. The first-order valence-electron chi connectivity index (χ1n) is 8.56. The highest BCUT2D eigenvalue weighted by Gasteiger charge is 2.31. The van der Waals surface area contributed by atoms with E-state index < -0.39 is 23.3 Å². The second-order valence-corrected chi connectivity index (χ2v) is 7.98. The first kappa shape index (κ1) is 21.0. The van der Waals surface area contributed by atoms with Crippen LogP contribution in [0.1, 0.15) is 26.3 Å². The van der Waals surface area contributed by atoms with Gasteiger partial charge in [0.25, 0.3) is 0 Å². The number of halogens is 3. The van der Waals surface area contributed by atoms with E-state index in [0.29, 0.717) is 5.76 Å². The Labute approximate surface area is 169 Å². The molecule has 0 N–H and O–H groups in total. The molecule has 0 amide bonds. The largest absolute Gasteiger partial charge is 0.461 e. The van der Waals surface area contributed by atoms with Gasteiger partial charge in [0.15, 0.2) is 10.9 Å². The van der Waals surface area contributed by atoms with Crippen molar-refractivity contribution in [2.24, 2.45) is 0 Å². The Hall–Kier alpha value is -2.75. The van der Waals surface area contributed by atoms with Crippen LogP contribution in [0.3, 0.4) is 0 Å². The number of hydrogen-bond acceptors (Lipinski definition) is 6. The van der Waals surface area contributed by atoms with Crippen LogP contribution in [0, 0.1) is 0 Å². The second kappa shape index (κ2) is 7.94. The summed E-state index contributed by atoms with van der Waals surface area (Å²) in [6.45, 7) is 5.24. The average Bonchev–Trinajstić information content (AvgIpc) is 3.27. The Kier molecular flexibility index (Phi) is 5.74. The third-order valence-corrected chi connectivity index (χ3v) is 4.45. The van der Waals surface area contributed by atoms with Crippen LogP contribution < -0.4 is 0 Å². The van der Waals surface area contributed by atoms with E-state index in [2.05, 4.69) is 10.2 Å². The third-order valence-electron chi connectivity index (χ3n) is 3.55. The van der Waals surface area contributed by atoms with Crippen LogP contribution in [0.2, 0.25) is 0 Å². The lowest BCUT2D eigenvalue weighted by molar-refractivity contribution is -0.151. The summed E-state index contributed by atoms with van der Waals surface area (Å²) in [4.78, 5) is 12.0. The molecule has 29 heavy (non-hydrogen) atoms. The fourth-order valence-corrected chi connectivity index (χ4v) is 3.20. The van der Waals surface area contributed by atoms with Crippen molar-refractivity contribution in [3.8, 4) is 17.3 Å². The van der Waals surface area contributed by atoms with Crippen LogP contribution >= 0.6 is 11.8 Å². The van der Waals surface area contributed by atoms with E-state index in [-0.39, 0.29) is 22.4 Å². The Morgan fingerprint density at radius 3 is 2.55 bits per heavy atom. The quantitative estimate of drug-likeness (QED) is 0.424. The van der Waals surface area contributed by atoms with E-state index in [1.165, 1.54) is 23.0 Å². The third kappa shape index (κ3) is 5.20. The summed E-state index contributed by atoms with van der Waals surface area (Å²) < 4.78 is 51.5. The maximum atomic E-state index is 13.2. The number of carbonyl (C=O) groups is 1. The lowest BCUT2D eigenvalue weighted by Gasteiger charge is -2.19. The number of alkyl halides is 3. The van der Waals surface area contributed by atoms with Crippen LogP contribution in [0.5, 0.6) is 0 Å². The number of furan rings is 1. The molecule has 0 saturated carbocycles. The molecule has 6 nitrogen and oxygen atoms in total. The van der Waals surface area contributed by atoms with Crippen molar-refractivity contribution < 1.29 is 27.1 Å². The van der Waals surface area contributed by atoms with Gasteiger partial charge in [-0.2, -0.15) is 13.2 Å². The van der Waals surface area contributed by atoms with Gasteiger partial charge in [-0.05, 0) is 51.1 Å². The maximum absolute atomic E-state index is 13.2. The predicted molar refractivity (Wildman–Crippen MR) is 101 cm³/mol. The molecule has 3 aromatic rings. The number of carbonyl (C=O) groups excluding carboxylic acids is 1. The van der Waals surface area contributed by atoms with Crippen LogP contribution in [-0.4, -0.2) is 32.1 Å². The normalized spacial score (nSPS) is 12.2. The number of aromatic nitrogens is 3. The monoisotopic (exact) mass is 425 g/mol. The minimum atomic E-state index is -4.50. The average molecular weight is 425 g/mol. The smallest absolute Gasteiger partial charge is 0.416 e. The van der Waals surface area contributed by atoms with Crippen molar-refractivity contribution in [3.05, 3.63) is 48.2 Å². The topological polar surface area (TPSA) is 70.2 Å². The molecule has 0 atom stereocenters. The molecule has 0 saturated heterocycles. The van der Waals surface area contributed by atoms with Crippen molar-refractivity contribution in [3.63, 3.8) is 0 Å². The van der Waals surface area contributed by atoms with Gasteiger partial charge in [0.2, 0.25) is 5.82 Å². The summed E-state index contributed by atoms with van der Waals surface area (Å²) in [5.41, 5.74) is -1.26. The molecule has 0 bridgehead atoms. The lowest BCUT2D eigenvalue weighted by atomic mass is 10.2. The standard InChI is InChI=1S/C19H18F3N3O3S/c1-18(2,3)28-15(26)11-29-17-24-23-16(14-8-5-9-27-14)25(17)13-7-4-6-12(10-13)19(20,21)22/h4-10H,11H2,1-3H3. The van der Waals surface area contributed by atoms with Crippen molar-refractivity contribution in [2.45, 2.75) is 37.7 Å². The molecule has 2 heterocycles.